The Hall–Kier alpha value is -1.73. The van der Waals surface area contributed by atoms with Gasteiger partial charge in [-0.1, -0.05) is 82.9 Å². The molecular formula is C20H29O3P. The highest BCUT2D eigenvalue weighted by Gasteiger charge is 2.02. The van der Waals surface area contributed by atoms with Gasteiger partial charge in [0.15, 0.2) is 0 Å². The second-order valence-electron chi connectivity index (χ2n) is 5.74. The highest BCUT2D eigenvalue weighted by molar-refractivity contribution is 7.34. The van der Waals surface area contributed by atoms with Crippen LogP contribution in [0.3, 0.4) is 0 Å². The van der Waals surface area contributed by atoms with Crippen LogP contribution in [-0.4, -0.2) is 0 Å². The second kappa shape index (κ2) is 12.7. The lowest BCUT2D eigenvalue weighted by Crippen LogP contribution is -1.89. The average molecular weight is 348 g/mol. The zero-order valence-corrected chi connectivity index (χ0v) is 15.9. The Morgan fingerprint density at radius 3 is 1.71 bits per heavy atom. The van der Waals surface area contributed by atoms with E-state index in [1.165, 1.54) is 25.7 Å². The fourth-order valence-electron chi connectivity index (χ4n) is 1.95. The first-order valence-corrected chi connectivity index (χ1v) is 9.87. The van der Waals surface area contributed by atoms with Crippen molar-refractivity contribution in [3.8, 4) is 11.5 Å². The van der Waals surface area contributed by atoms with Crippen LogP contribution in [0, 0.1) is 5.92 Å². The molecule has 0 radical (unpaired) electrons. The van der Waals surface area contributed by atoms with E-state index in [0.717, 1.165) is 5.92 Å². The molecule has 0 aliphatic heterocycles. The Morgan fingerprint density at radius 1 is 0.875 bits per heavy atom. The first-order chi connectivity index (χ1) is 11.7. The summed E-state index contributed by atoms with van der Waals surface area (Å²) in [5, 5.41) is 0. The van der Waals surface area contributed by atoms with Gasteiger partial charge in [0.25, 0.3) is 0 Å². The molecule has 2 rings (SSSR count). The minimum absolute atomic E-state index is 0.544. The first-order valence-electron chi connectivity index (χ1n) is 8.65. The van der Waals surface area contributed by atoms with Crippen LogP contribution in [-0.2, 0) is 4.57 Å². The second-order valence-corrected chi connectivity index (χ2v) is 6.64. The zero-order chi connectivity index (χ0) is 17.6. The minimum Gasteiger partial charge on any atom is -0.418 e. The van der Waals surface area contributed by atoms with E-state index in [4.69, 9.17) is 9.05 Å². The summed E-state index contributed by atoms with van der Waals surface area (Å²) in [4.78, 5) is 0. The topological polar surface area (TPSA) is 35.5 Å². The Labute approximate surface area is 147 Å². The summed E-state index contributed by atoms with van der Waals surface area (Å²) < 4.78 is 21.8. The van der Waals surface area contributed by atoms with Crippen molar-refractivity contribution >= 4 is 8.25 Å². The number of unbranched alkanes of at least 4 members (excludes halogenated alkanes) is 1. The van der Waals surface area contributed by atoms with Gasteiger partial charge in [-0.05, 0) is 30.2 Å². The standard InChI is InChI=1S/C12H11O3P.C8H18/c13-16(14-11-7-3-1-4-8-11)15-12-9-5-2-6-10-12;1-4-6-7-8(3)5-2/h1-10,16H;8H,4-7H2,1-3H3. The number of benzene rings is 2. The smallest absolute Gasteiger partial charge is 0.418 e. The van der Waals surface area contributed by atoms with Crippen molar-refractivity contribution in [1.29, 1.82) is 0 Å². The van der Waals surface area contributed by atoms with Crippen molar-refractivity contribution in [1.82, 2.24) is 0 Å². The molecule has 0 heterocycles. The highest BCUT2D eigenvalue weighted by Crippen LogP contribution is 2.29. The van der Waals surface area contributed by atoms with Crippen molar-refractivity contribution in [2.75, 3.05) is 0 Å². The molecule has 0 saturated carbocycles. The van der Waals surface area contributed by atoms with Crippen molar-refractivity contribution in [2.24, 2.45) is 5.92 Å². The van der Waals surface area contributed by atoms with E-state index in [2.05, 4.69) is 20.8 Å². The Bertz CT molecular complexity index is 514. The molecule has 1 atom stereocenters. The molecule has 1 unspecified atom stereocenters. The summed E-state index contributed by atoms with van der Waals surface area (Å²) in [6.45, 7) is 6.85. The molecule has 132 valence electrons. The molecule has 2 aromatic rings. The maximum Gasteiger partial charge on any atom is 0.418 e. The highest BCUT2D eigenvalue weighted by atomic mass is 31.1. The van der Waals surface area contributed by atoms with Crippen molar-refractivity contribution in [3.63, 3.8) is 0 Å². The van der Waals surface area contributed by atoms with E-state index in [-0.39, 0.29) is 0 Å². The van der Waals surface area contributed by atoms with Gasteiger partial charge in [0, 0.05) is 0 Å². The van der Waals surface area contributed by atoms with Gasteiger partial charge in [0.05, 0.1) is 0 Å². The molecule has 0 saturated heterocycles. The fourth-order valence-corrected chi connectivity index (χ4v) is 2.65. The van der Waals surface area contributed by atoms with E-state index in [1.54, 1.807) is 24.3 Å². The molecule has 2 aromatic carbocycles. The van der Waals surface area contributed by atoms with Gasteiger partial charge < -0.3 is 9.05 Å². The summed E-state index contributed by atoms with van der Waals surface area (Å²) >= 11 is 0. The van der Waals surface area contributed by atoms with Gasteiger partial charge in [0.1, 0.15) is 11.5 Å². The zero-order valence-electron chi connectivity index (χ0n) is 14.9. The predicted octanol–water partition coefficient (Wildman–Crippen LogP) is 6.76. The molecule has 0 N–H and O–H groups in total. The van der Waals surface area contributed by atoms with E-state index in [9.17, 15) is 4.57 Å². The number of hydrogen-bond donors (Lipinski definition) is 0. The molecule has 0 bridgehead atoms. The molecule has 0 fully saturated rings. The van der Waals surface area contributed by atoms with Gasteiger partial charge in [-0.15, -0.1) is 0 Å². The molecule has 0 aromatic heterocycles. The maximum atomic E-state index is 11.5. The predicted molar refractivity (Wildman–Crippen MR) is 102 cm³/mol. The summed E-state index contributed by atoms with van der Waals surface area (Å²) in [6, 6.07) is 17.9. The van der Waals surface area contributed by atoms with E-state index in [1.807, 2.05) is 36.4 Å². The van der Waals surface area contributed by atoms with Crippen LogP contribution in [0.1, 0.15) is 46.5 Å². The summed E-state index contributed by atoms with van der Waals surface area (Å²) in [5.74, 6) is 2.04. The summed E-state index contributed by atoms with van der Waals surface area (Å²) in [5.41, 5.74) is 0. The van der Waals surface area contributed by atoms with Gasteiger partial charge >= 0.3 is 8.25 Å². The lowest BCUT2D eigenvalue weighted by atomic mass is 10.0. The summed E-state index contributed by atoms with van der Waals surface area (Å²) in [6.07, 6.45) is 5.53. The molecular weight excluding hydrogens is 319 g/mol. The van der Waals surface area contributed by atoms with Crippen LogP contribution in [0.15, 0.2) is 60.7 Å². The molecule has 0 aliphatic carbocycles. The Morgan fingerprint density at radius 2 is 1.33 bits per heavy atom. The molecule has 0 amide bonds. The number of para-hydroxylation sites is 2. The largest absolute Gasteiger partial charge is 0.418 e. The third kappa shape index (κ3) is 9.42. The quantitative estimate of drug-likeness (QED) is 0.495. The van der Waals surface area contributed by atoms with Gasteiger partial charge in [-0.2, -0.15) is 0 Å². The van der Waals surface area contributed by atoms with Crippen molar-refractivity contribution in [3.05, 3.63) is 60.7 Å². The monoisotopic (exact) mass is 348 g/mol. The number of hydrogen-bond acceptors (Lipinski definition) is 3. The molecule has 4 heteroatoms. The van der Waals surface area contributed by atoms with E-state index < -0.39 is 8.25 Å². The van der Waals surface area contributed by atoms with Gasteiger partial charge in [-0.25, -0.2) is 4.57 Å². The maximum absolute atomic E-state index is 11.5. The number of rotatable bonds is 8. The van der Waals surface area contributed by atoms with Crippen molar-refractivity contribution in [2.45, 2.75) is 46.5 Å². The van der Waals surface area contributed by atoms with Crippen LogP contribution < -0.4 is 9.05 Å². The summed E-state index contributed by atoms with van der Waals surface area (Å²) in [7, 11) is -2.54. The Kier molecular flexibility index (Phi) is 10.7. The van der Waals surface area contributed by atoms with Gasteiger partial charge in [-0.3, -0.25) is 0 Å². The normalized spacial score (nSPS) is 11.3. The third-order valence-electron chi connectivity index (χ3n) is 3.64. The Balaban J connectivity index is 0.000000307. The molecule has 24 heavy (non-hydrogen) atoms. The van der Waals surface area contributed by atoms with E-state index >= 15 is 0 Å². The van der Waals surface area contributed by atoms with Crippen LogP contribution in [0.4, 0.5) is 0 Å². The molecule has 3 nitrogen and oxygen atoms in total. The van der Waals surface area contributed by atoms with Crippen LogP contribution in [0.25, 0.3) is 0 Å². The lowest BCUT2D eigenvalue weighted by Gasteiger charge is -2.07. The SMILES string of the molecule is CCCCC(C)CC.O=[PH](Oc1ccccc1)Oc1ccccc1. The lowest BCUT2D eigenvalue weighted by molar-refractivity contribution is 0.415. The van der Waals surface area contributed by atoms with Crippen LogP contribution in [0.2, 0.25) is 0 Å². The van der Waals surface area contributed by atoms with Gasteiger partial charge in [0.2, 0.25) is 0 Å². The van der Waals surface area contributed by atoms with Crippen LogP contribution in [0.5, 0.6) is 11.5 Å². The molecule has 0 spiro atoms. The van der Waals surface area contributed by atoms with Crippen molar-refractivity contribution < 1.29 is 13.6 Å². The first kappa shape index (κ1) is 20.3. The fraction of sp³-hybridized carbons (Fsp3) is 0.400. The third-order valence-corrected chi connectivity index (χ3v) is 4.44. The molecule has 0 aliphatic rings. The van der Waals surface area contributed by atoms with E-state index in [0.29, 0.717) is 11.5 Å². The van der Waals surface area contributed by atoms with Crippen LogP contribution >= 0.6 is 8.25 Å². The average Bonchev–Trinajstić information content (AvgIpc) is 2.61. The minimum atomic E-state index is -2.54.